The van der Waals surface area contributed by atoms with Crippen molar-refractivity contribution in [2.45, 2.75) is 38.3 Å². The molecule has 1 N–H and O–H groups in total. The second kappa shape index (κ2) is 7.43. The summed E-state index contributed by atoms with van der Waals surface area (Å²) in [4.78, 5) is 43.3. The van der Waals surface area contributed by atoms with Gasteiger partial charge in [0.25, 0.3) is 5.91 Å². The van der Waals surface area contributed by atoms with Gasteiger partial charge in [-0.05, 0) is 30.0 Å². The molecule has 1 aromatic rings. The van der Waals surface area contributed by atoms with Crippen molar-refractivity contribution in [1.29, 1.82) is 0 Å². The lowest BCUT2D eigenvalue weighted by molar-refractivity contribution is -0.122. The van der Waals surface area contributed by atoms with Crippen molar-refractivity contribution < 1.29 is 19.1 Å². The number of likely N-dealkylation sites (tertiary alicyclic amines) is 1. The highest BCUT2D eigenvalue weighted by atomic mass is 16.5. The number of amides is 5. The summed E-state index contributed by atoms with van der Waals surface area (Å²) in [5, 5.41) is 2.91. The third-order valence-corrected chi connectivity index (χ3v) is 5.73. The van der Waals surface area contributed by atoms with Crippen LogP contribution in [-0.2, 0) is 9.53 Å². The van der Waals surface area contributed by atoms with Gasteiger partial charge in [0.05, 0.1) is 24.9 Å². The van der Waals surface area contributed by atoms with Crippen molar-refractivity contribution in [3.63, 3.8) is 0 Å². The molecule has 0 bridgehead atoms. The topological polar surface area (TPSA) is 82.2 Å². The van der Waals surface area contributed by atoms with Crippen LogP contribution in [0.5, 0.6) is 0 Å². The highest BCUT2D eigenvalue weighted by Crippen LogP contribution is 2.29. The predicted molar refractivity (Wildman–Crippen MR) is 103 cm³/mol. The molecular formula is C20H26N4O4. The van der Waals surface area contributed by atoms with E-state index in [4.69, 9.17) is 4.74 Å². The van der Waals surface area contributed by atoms with Crippen LogP contribution < -0.4 is 10.2 Å². The number of urea groups is 2. The number of carbonyl (C=O) groups excluding carboxylic acids is 3. The van der Waals surface area contributed by atoms with Crippen molar-refractivity contribution in [2.75, 3.05) is 37.7 Å². The van der Waals surface area contributed by atoms with E-state index in [1.165, 1.54) is 0 Å². The Labute approximate surface area is 164 Å². The lowest BCUT2D eigenvalue weighted by Gasteiger charge is -2.39. The minimum Gasteiger partial charge on any atom is -0.378 e. The van der Waals surface area contributed by atoms with Crippen LogP contribution in [0.25, 0.3) is 0 Å². The maximum absolute atomic E-state index is 13.3. The number of nitrogens with one attached hydrogen (secondary N) is 1. The fraction of sp³-hybridized carbons (Fsp3) is 0.550. The Bertz CT molecular complexity index is 773. The molecule has 3 fully saturated rings. The molecule has 8 nitrogen and oxygen atoms in total. The van der Waals surface area contributed by atoms with Gasteiger partial charge in [-0.15, -0.1) is 0 Å². The van der Waals surface area contributed by atoms with Crippen molar-refractivity contribution in [1.82, 2.24) is 15.1 Å². The number of morpholine rings is 1. The van der Waals surface area contributed by atoms with Crippen molar-refractivity contribution in [3.05, 3.63) is 29.8 Å². The van der Waals surface area contributed by atoms with E-state index in [2.05, 4.69) is 19.2 Å². The lowest BCUT2D eigenvalue weighted by atomic mass is 10.0. The quantitative estimate of drug-likeness (QED) is 0.840. The maximum Gasteiger partial charge on any atom is 0.329 e. The molecule has 3 aliphatic rings. The monoisotopic (exact) mass is 386 g/mol. The van der Waals surface area contributed by atoms with Crippen molar-refractivity contribution >= 4 is 23.7 Å². The van der Waals surface area contributed by atoms with Gasteiger partial charge >= 0.3 is 12.1 Å². The minimum absolute atomic E-state index is 0.157. The van der Waals surface area contributed by atoms with E-state index in [9.17, 15) is 14.4 Å². The zero-order chi connectivity index (χ0) is 19.8. The molecule has 0 aliphatic carbocycles. The zero-order valence-electron chi connectivity index (χ0n) is 16.3. The first-order chi connectivity index (χ1) is 13.5. The molecule has 5 amide bonds. The number of benzene rings is 1. The summed E-state index contributed by atoms with van der Waals surface area (Å²) < 4.78 is 5.31. The summed E-state index contributed by atoms with van der Waals surface area (Å²) in [6, 6.07) is 5.84. The molecule has 0 aromatic heterocycles. The van der Waals surface area contributed by atoms with Crippen LogP contribution in [0, 0.1) is 0 Å². The molecule has 8 heteroatoms. The smallest absolute Gasteiger partial charge is 0.329 e. The molecule has 4 rings (SSSR count). The van der Waals surface area contributed by atoms with Gasteiger partial charge in [-0.3, -0.25) is 4.79 Å². The summed E-state index contributed by atoms with van der Waals surface area (Å²) in [5.41, 5.74) is 1.66. The van der Waals surface area contributed by atoms with Gasteiger partial charge in [0.1, 0.15) is 6.04 Å². The largest absolute Gasteiger partial charge is 0.378 e. The third-order valence-electron chi connectivity index (χ3n) is 5.73. The van der Waals surface area contributed by atoms with E-state index in [1.54, 1.807) is 21.9 Å². The number of fused-ring (bicyclic) bond motifs is 1. The number of imide groups is 1. The summed E-state index contributed by atoms with van der Waals surface area (Å²) in [7, 11) is 0. The summed E-state index contributed by atoms with van der Waals surface area (Å²) in [5.74, 6) is 0.0194. The number of nitrogens with zero attached hydrogens (tertiary/aromatic N) is 3. The van der Waals surface area contributed by atoms with Crippen LogP contribution >= 0.6 is 0 Å². The average molecular weight is 386 g/mol. The summed E-state index contributed by atoms with van der Waals surface area (Å²) in [6.45, 7) is 6.69. The van der Waals surface area contributed by atoms with Crippen LogP contribution in [-0.4, -0.2) is 72.7 Å². The highest BCUT2D eigenvalue weighted by molar-refractivity contribution is 6.19. The normalized spacial score (nSPS) is 25.2. The molecule has 0 spiro atoms. The van der Waals surface area contributed by atoms with Gasteiger partial charge in [-0.2, -0.15) is 0 Å². The Hall–Kier alpha value is -2.61. The number of anilines is 1. The van der Waals surface area contributed by atoms with Gasteiger partial charge in [-0.25, -0.2) is 14.5 Å². The van der Waals surface area contributed by atoms with Crippen molar-refractivity contribution in [3.8, 4) is 0 Å². The van der Waals surface area contributed by atoms with Crippen LogP contribution in [0.4, 0.5) is 15.3 Å². The van der Waals surface area contributed by atoms with Crippen LogP contribution in [0.3, 0.4) is 0 Å². The van der Waals surface area contributed by atoms with Gasteiger partial charge in [0.15, 0.2) is 0 Å². The van der Waals surface area contributed by atoms with Crippen molar-refractivity contribution in [2.24, 2.45) is 0 Å². The Morgan fingerprint density at radius 3 is 2.43 bits per heavy atom. The number of carbonyl (C=O) groups is 3. The van der Waals surface area contributed by atoms with E-state index < -0.39 is 12.1 Å². The zero-order valence-corrected chi connectivity index (χ0v) is 16.3. The predicted octanol–water partition coefficient (Wildman–Crippen LogP) is 1.76. The first-order valence-corrected chi connectivity index (χ1v) is 9.85. The highest BCUT2D eigenvalue weighted by Gasteiger charge is 2.50. The number of hydrogen-bond acceptors (Lipinski definition) is 4. The summed E-state index contributed by atoms with van der Waals surface area (Å²) in [6.07, 6.45) is 0.582. The standard InChI is InChI=1S/C20H26N4O4/c1-13(2)14-3-5-15(6-4-14)24-18(25)17-16(21-19(24)26)7-8-23(17)20(27)22-9-11-28-12-10-22/h3-6,13,16-17H,7-12H2,1-2H3,(H,21,26)/t16-,17+/m1/s1. The molecule has 0 radical (unpaired) electrons. The fourth-order valence-electron chi connectivity index (χ4n) is 4.11. The van der Waals surface area contributed by atoms with E-state index >= 15 is 0 Å². The van der Waals surface area contributed by atoms with Crippen LogP contribution in [0.2, 0.25) is 0 Å². The molecule has 28 heavy (non-hydrogen) atoms. The van der Waals surface area contributed by atoms with Crippen LogP contribution in [0.15, 0.2) is 24.3 Å². The van der Waals surface area contributed by atoms with E-state index in [0.717, 1.165) is 10.5 Å². The van der Waals surface area contributed by atoms with Gasteiger partial charge < -0.3 is 19.9 Å². The van der Waals surface area contributed by atoms with Gasteiger partial charge in [-0.1, -0.05) is 26.0 Å². The Kier molecular flexibility index (Phi) is 4.97. The Morgan fingerprint density at radius 2 is 1.79 bits per heavy atom. The number of ether oxygens (including phenoxy) is 1. The first kappa shape index (κ1) is 18.7. The fourth-order valence-corrected chi connectivity index (χ4v) is 4.11. The third kappa shape index (κ3) is 3.22. The molecule has 3 saturated heterocycles. The molecule has 0 saturated carbocycles. The molecule has 3 aliphatic heterocycles. The second-order valence-corrected chi connectivity index (χ2v) is 7.78. The minimum atomic E-state index is -0.669. The van der Waals surface area contributed by atoms with Gasteiger partial charge in [0, 0.05) is 19.6 Å². The second-order valence-electron chi connectivity index (χ2n) is 7.78. The lowest BCUT2D eigenvalue weighted by Crippen LogP contribution is -2.66. The Morgan fingerprint density at radius 1 is 1.11 bits per heavy atom. The molecule has 2 atom stereocenters. The molecule has 150 valence electrons. The van der Waals surface area contributed by atoms with Crippen LogP contribution in [0.1, 0.15) is 31.7 Å². The molecule has 1 aromatic carbocycles. The van der Waals surface area contributed by atoms with E-state index in [1.807, 2.05) is 12.1 Å². The Balaban J connectivity index is 1.57. The first-order valence-electron chi connectivity index (χ1n) is 9.85. The summed E-state index contributed by atoms with van der Waals surface area (Å²) >= 11 is 0. The van der Waals surface area contributed by atoms with Gasteiger partial charge in [0.2, 0.25) is 0 Å². The SMILES string of the molecule is CC(C)c1ccc(N2C(=O)N[C@@H]3CCN(C(=O)N4CCOCC4)[C@@H]3C2=O)cc1. The maximum atomic E-state index is 13.3. The number of hydrogen-bond donors (Lipinski definition) is 1. The van der Waals surface area contributed by atoms with E-state index in [0.29, 0.717) is 50.9 Å². The molecule has 3 heterocycles. The van der Waals surface area contributed by atoms with E-state index in [-0.39, 0.29) is 18.0 Å². The molecular weight excluding hydrogens is 360 g/mol. The molecule has 0 unspecified atom stereocenters. The average Bonchev–Trinajstić information content (AvgIpc) is 3.12. The number of rotatable bonds is 2.